The van der Waals surface area contributed by atoms with Gasteiger partial charge in [-0.05, 0) is 62.7 Å². The third kappa shape index (κ3) is 0.999. The summed E-state index contributed by atoms with van der Waals surface area (Å²) in [5.41, 5.74) is -0.116. The van der Waals surface area contributed by atoms with Gasteiger partial charge < -0.3 is 4.74 Å². The minimum atomic E-state index is -0.116. The van der Waals surface area contributed by atoms with Crippen molar-refractivity contribution < 1.29 is 9.53 Å². The van der Waals surface area contributed by atoms with Crippen LogP contribution in [-0.4, -0.2) is 12.1 Å². The summed E-state index contributed by atoms with van der Waals surface area (Å²) < 4.78 is 5.43. The zero-order valence-corrected chi connectivity index (χ0v) is 8.74. The van der Waals surface area contributed by atoms with Crippen molar-refractivity contribution >= 4 is 6.47 Å². The predicted octanol–water partition coefficient (Wildman–Crippen LogP) is 2.37. The van der Waals surface area contributed by atoms with Gasteiger partial charge in [-0.15, -0.1) is 0 Å². The van der Waals surface area contributed by atoms with Crippen molar-refractivity contribution in [3.05, 3.63) is 0 Å². The largest absolute Gasteiger partial charge is 0.461 e. The molecule has 4 aliphatic carbocycles. The van der Waals surface area contributed by atoms with Gasteiger partial charge in [0.05, 0.1) is 0 Å². The van der Waals surface area contributed by atoms with Gasteiger partial charge in [0.2, 0.25) is 0 Å². The highest BCUT2D eigenvalue weighted by Gasteiger charge is 2.56. The summed E-state index contributed by atoms with van der Waals surface area (Å²) >= 11 is 0. The van der Waals surface area contributed by atoms with Crippen molar-refractivity contribution in [2.75, 3.05) is 0 Å². The van der Waals surface area contributed by atoms with Crippen molar-refractivity contribution in [1.82, 2.24) is 0 Å². The Kier molecular flexibility index (Phi) is 1.71. The van der Waals surface area contributed by atoms with E-state index in [2.05, 4.69) is 6.92 Å². The fourth-order valence-electron chi connectivity index (χ4n) is 4.42. The molecule has 2 heteroatoms. The number of ether oxygens (including phenoxy) is 1. The summed E-state index contributed by atoms with van der Waals surface area (Å²) in [6.07, 6.45) is 6.66. The fourth-order valence-corrected chi connectivity index (χ4v) is 4.42. The minimum Gasteiger partial charge on any atom is -0.461 e. The summed E-state index contributed by atoms with van der Waals surface area (Å²) in [7, 11) is 0. The van der Waals surface area contributed by atoms with Gasteiger partial charge in [-0.25, -0.2) is 0 Å². The Balaban J connectivity index is 1.90. The lowest BCUT2D eigenvalue weighted by atomic mass is 9.50. The Morgan fingerprint density at radius 2 is 1.57 bits per heavy atom. The number of rotatable bonds is 2. The second kappa shape index (κ2) is 2.74. The number of hydrogen-bond acceptors (Lipinski definition) is 2. The van der Waals surface area contributed by atoms with Crippen LogP contribution >= 0.6 is 0 Å². The van der Waals surface area contributed by atoms with Crippen LogP contribution in [0.25, 0.3) is 0 Å². The normalized spacial score (nSPS) is 54.6. The van der Waals surface area contributed by atoms with Gasteiger partial charge in [0.15, 0.2) is 0 Å². The minimum absolute atomic E-state index is 0.116. The number of hydrogen-bond donors (Lipinski definition) is 0. The first-order valence-corrected chi connectivity index (χ1v) is 5.84. The molecule has 0 spiro atoms. The fraction of sp³-hybridized carbons (Fsp3) is 0.917. The molecule has 4 rings (SSSR count). The molecule has 0 aliphatic heterocycles. The summed E-state index contributed by atoms with van der Waals surface area (Å²) in [6.45, 7) is 2.83. The van der Waals surface area contributed by atoms with Crippen LogP contribution in [0.4, 0.5) is 0 Å². The molecule has 0 aromatic rings. The highest BCUT2D eigenvalue weighted by atomic mass is 16.5. The number of carbonyl (C=O) groups excluding carboxylic acids is 1. The van der Waals surface area contributed by atoms with Gasteiger partial charge in [0.1, 0.15) is 5.60 Å². The summed E-state index contributed by atoms with van der Waals surface area (Å²) in [5, 5.41) is 0. The van der Waals surface area contributed by atoms with Crippen molar-refractivity contribution in [3.63, 3.8) is 0 Å². The Labute approximate surface area is 85.0 Å². The molecule has 0 amide bonds. The molecule has 0 aromatic heterocycles. The molecule has 0 aromatic carbocycles. The van der Waals surface area contributed by atoms with Crippen LogP contribution in [0.2, 0.25) is 0 Å². The van der Waals surface area contributed by atoms with Gasteiger partial charge >= 0.3 is 0 Å². The standard InChI is InChI=1S/C12H18O2/c1-12(14-7-13)10-3-8-2-9(5-10)6-11(12)4-8/h7-11H,2-6H2,1H3. The molecule has 4 aliphatic rings. The van der Waals surface area contributed by atoms with E-state index >= 15 is 0 Å². The first kappa shape index (κ1) is 8.75. The van der Waals surface area contributed by atoms with Crippen LogP contribution in [0.15, 0.2) is 0 Å². The van der Waals surface area contributed by atoms with Crippen molar-refractivity contribution in [3.8, 4) is 0 Å². The topological polar surface area (TPSA) is 26.3 Å². The van der Waals surface area contributed by atoms with Gasteiger partial charge in [-0.1, -0.05) is 0 Å². The van der Waals surface area contributed by atoms with E-state index in [0.717, 1.165) is 11.8 Å². The molecule has 2 nitrogen and oxygen atoms in total. The average molecular weight is 194 g/mol. The zero-order valence-electron chi connectivity index (χ0n) is 8.74. The van der Waals surface area contributed by atoms with Crippen LogP contribution in [0.5, 0.6) is 0 Å². The Morgan fingerprint density at radius 3 is 2.00 bits per heavy atom. The smallest absolute Gasteiger partial charge is 0.293 e. The molecule has 4 saturated carbocycles. The Morgan fingerprint density at radius 1 is 1.07 bits per heavy atom. The van der Waals surface area contributed by atoms with Crippen LogP contribution in [-0.2, 0) is 9.53 Å². The van der Waals surface area contributed by atoms with Gasteiger partial charge in [0.25, 0.3) is 6.47 Å². The molecule has 0 atom stereocenters. The lowest BCUT2D eigenvalue weighted by Crippen LogP contribution is -2.57. The maximum Gasteiger partial charge on any atom is 0.293 e. The second-order valence-electron chi connectivity index (χ2n) is 5.70. The first-order chi connectivity index (χ1) is 6.72. The van der Waals surface area contributed by atoms with Gasteiger partial charge in [-0.2, -0.15) is 0 Å². The Hall–Kier alpha value is -0.530. The van der Waals surface area contributed by atoms with Crippen molar-refractivity contribution in [2.45, 2.75) is 44.6 Å². The van der Waals surface area contributed by atoms with E-state index in [0.29, 0.717) is 18.3 Å². The highest BCUT2D eigenvalue weighted by molar-refractivity contribution is 5.39. The van der Waals surface area contributed by atoms with Crippen molar-refractivity contribution in [1.29, 1.82) is 0 Å². The van der Waals surface area contributed by atoms with E-state index < -0.39 is 0 Å². The van der Waals surface area contributed by atoms with E-state index in [1.165, 1.54) is 32.1 Å². The molecule has 0 saturated heterocycles. The molecular weight excluding hydrogens is 176 g/mol. The second-order valence-corrected chi connectivity index (χ2v) is 5.70. The Bertz CT molecular complexity index is 231. The van der Waals surface area contributed by atoms with E-state index in [9.17, 15) is 4.79 Å². The first-order valence-electron chi connectivity index (χ1n) is 5.84. The summed E-state index contributed by atoms with van der Waals surface area (Å²) in [5.74, 6) is 3.20. The van der Waals surface area contributed by atoms with Crippen LogP contribution < -0.4 is 0 Å². The third-order valence-corrected chi connectivity index (χ3v) is 5.06. The molecule has 0 N–H and O–H groups in total. The molecule has 4 fully saturated rings. The third-order valence-electron chi connectivity index (χ3n) is 5.06. The lowest BCUT2D eigenvalue weighted by molar-refractivity contribution is -0.191. The van der Waals surface area contributed by atoms with Gasteiger partial charge in [0, 0.05) is 0 Å². The van der Waals surface area contributed by atoms with Crippen LogP contribution in [0.3, 0.4) is 0 Å². The molecular formula is C12H18O2. The zero-order chi connectivity index (χ0) is 9.76. The SMILES string of the molecule is CC1(OC=O)C2CC3CC(C2)CC1C3. The lowest BCUT2D eigenvalue weighted by Gasteiger charge is -2.58. The molecule has 78 valence electrons. The van der Waals surface area contributed by atoms with E-state index in [-0.39, 0.29) is 5.60 Å². The van der Waals surface area contributed by atoms with E-state index in [4.69, 9.17) is 4.74 Å². The molecule has 4 bridgehead atoms. The predicted molar refractivity (Wildman–Crippen MR) is 52.6 cm³/mol. The number of carbonyl (C=O) groups is 1. The average Bonchev–Trinajstić information content (AvgIpc) is 2.14. The monoisotopic (exact) mass is 194 g/mol. The quantitative estimate of drug-likeness (QED) is 0.631. The highest BCUT2D eigenvalue weighted by Crippen LogP contribution is 2.59. The molecule has 14 heavy (non-hydrogen) atoms. The van der Waals surface area contributed by atoms with Crippen LogP contribution in [0, 0.1) is 23.7 Å². The van der Waals surface area contributed by atoms with E-state index in [1.54, 1.807) is 0 Å². The molecule has 0 heterocycles. The van der Waals surface area contributed by atoms with Crippen LogP contribution in [0.1, 0.15) is 39.0 Å². The van der Waals surface area contributed by atoms with Crippen molar-refractivity contribution in [2.24, 2.45) is 23.7 Å². The maximum atomic E-state index is 10.6. The van der Waals surface area contributed by atoms with E-state index in [1.807, 2.05) is 0 Å². The van der Waals surface area contributed by atoms with Gasteiger partial charge in [-0.3, -0.25) is 4.79 Å². The summed E-state index contributed by atoms with van der Waals surface area (Å²) in [6, 6.07) is 0. The summed E-state index contributed by atoms with van der Waals surface area (Å²) in [4.78, 5) is 10.6. The molecule has 0 radical (unpaired) electrons. The maximum absolute atomic E-state index is 10.6. The molecule has 0 unspecified atom stereocenters.